The quantitative estimate of drug-likeness (QED) is 0.855. The second-order valence-electron chi connectivity index (χ2n) is 5.35. The number of nitrogens with zero attached hydrogens (tertiary/aromatic N) is 2. The Bertz CT molecular complexity index is 434. The molecular weight excluding hydrogens is 228 g/mol. The summed E-state index contributed by atoms with van der Waals surface area (Å²) in [6.07, 6.45) is 4.96. The third kappa shape index (κ3) is 2.12. The highest BCUT2D eigenvalue weighted by molar-refractivity contribution is 5.81. The predicted octanol–water partition coefficient (Wildman–Crippen LogP) is 1.30. The average molecular weight is 246 g/mol. The van der Waals surface area contributed by atoms with E-state index in [0.29, 0.717) is 25.9 Å². The van der Waals surface area contributed by atoms with Crippen LogP contribution >= 0.6 is 0 Å². The van der Waals surface area contributed by atoms with Crippen LogP contribution < -0.4 is 0 Å². The van der Waals surface area contributed by atoms with Crippen LogP contribution in [0.5, 0.6) is 0 Å². The van der Waals surface area contributed by atoms with Crippen molar-refractivity contribution in [1.82, 2.24) is 9.88 Å². The Labute approximate surface area is 107 Å². The first-order valence-electron chi connectivity index (χ1n) is 6.62. The van der Waals surface area contributed by atoms with Gasteiger partial charge in [0, 0.05) is 25.2 Å². The lowest BCUT2D eigenvalue weighted by Crippen LogP contribution is -2.46. The van der Waals surface area contributed by atoms with Gasteiger partial charge >= 0.3 is 0 Å². The highest BCUT2D eigenvalue weighted by Gasteiger charge is 2.40. The molecule has 0 aromatic carbocycles. The number of likely N-dealkylation sites (tertiary alicyclic amines) is 1. The van der Waals surface area contributed by atoms with Gasteiger partial charge in [0.15, 0.2) is 0 Å². The topological polar surface area (TPSA) is 53.4 Å². The first kappa shape index (κ1) is 11.7. The fourth-order valence-electron chi connectivity index (χ4n) is 2.58. The summed E-state index contributed by atoms with van der Waals surface area (Å²) in [4.78, 5) is 18.1. The number of hydrogen-bond acceptors (Lipinski definition) is 3. The number of hydrogen-bond donors (Lipinski definition) is 1. The number of carbonyl (C=O) groups excluding carboxylic acids is 1. The van der Waals surface area contributed by atoms with Crippen LogP contribution in [0, 0.1) is 5.92 Å². The van der Waals surface area contributed by atoms with Crippen molar-refractivity contribution in [3.05, 3.63) is 30.1 Å². The van der Waals surface area contributed by atoms with Crippen LogP contribution in [0.15, 0.2) is 24.4 Å². The largest absolute Gasteiger partial charge is 0.383 e. The van der Waals surface area contributed by atoms with Gasteiger partial charge in [0.1, 0.15) is 5.60 Å². The van der Waals surface area contributed by atoms with Gasteiger partial charge in [-0.15, -0.1) is 0 Å². The molecule has 2 heterocycles. The van der Waals surface area contributed by atoms with Gasteiger partial charge in [0.05, 0.1) is 5.69 Å². The smallest absolute Gasteiger partial charge is 0.225 e. The number of amides is 1. The Kier molecular flexibility index (Phi) is 2.82. The van der Waals surface area contributed by atoms with Crippen LogP contribution in [0.1, 0.15) is 31.4 Å². The number of pyridine rings is 1. The Morgan fingerprint density at radius 1 is 1.33 bits per heavy atom. The molecule has 0 atom stereocenters. The lowest BCUT2D eigenvalue weighted by Gasteiger charge is -2.37. The molecule has 1 aliphatic carbocycles. The van der Waals surface area contributed by atoms with E-state index in [1.54, 1.807) is 6.20 Å². The van der Waals surface area contributed by atoms with Crippen molar-refractivity contribution in [3.8, 4) is 0 Å². The average Bonchev–Trinajstić information content (AvgIpc) is 3.24. The number of aromatic nitrogens is 1. The van der Waals surface area contributed by atoms with Gasteiger partial charge in [0.2, 0.25) is 5.91 Å². The maximum absolute atomic E-state index is 11.9. The molecule has 1 amide bonds. The minimum absolute atomic E-state index is 0.269. The van der Waals surface area contributed by atoms with Crippen LogP contribution in [-0.4, -0.2) is 34.0 Å². The van der Waals surface area contributed by atoms with Crippen molar-refractivity contribution in [2.24, 2.45) is 5.92 Å². The standard InChI is InChI=1S/C14H18N2O2/c17-13(11-4-5-11)16-9-6-14(18,7-10-16)12-3-1-2-8-15-12/h1-3,8,11,18H,4-7,9-10H2. The first-order chi connectivity index (χ1) is 8.69. The maximum atomic E-state index is 11.9. The zero-order valence-corrected chi connectivity index (χ0v) is 10.4. The second-order valence-corrected chi connectivity index (χ2v) is 5.35. The third-order valence-corrected chi connectivity index (χ3v) is 3.97. The second kappa shape index (κ2) is 4.35. The Morgan fingerprint density at radius 2 is 2.06 bits per heavy atom. The normalized spacial score (nSPS) is 22.8. The molecule has 18 heavy (non-hydrogen) atoms. The van der Waals surface area contributed by atoms with Crippen molar-refractivity contribution in [2.75, 3.05) is 13.1 Å². The summed E-state index contributed by atoms with van der Waals surface area (Å²) < 4.78 is 0. The number of aliphatic hydroxyl groups is 1. The minimum Gasteiger partial charge on any atom is -0.383 e. The maximum Gasteiger partial charge on any atom is 0.225 e. The van der Waals surface area contributed by atoms with Gasteiger partial charge in [-0.25, -0.2) is 0 Å². The number of rotatable bonds is 2. The molecule has 1 N–H and O–H groups in total. The number of carbonyl (C=O) groups is 1. The summed E-state index contributed by atoms with van der Waals surface area (Å²) in [6, 6.07) is 5.60. The van der Waals surface area contributed by atoms with Crippen LogP contribution in [-0.2, 0) is 10.4 Å². The molecule has 3 rings (SSSR count). The van der Waals surface area contributed by atoms with Crippen molar-refractivity contribution in [1.29, 1.82) is 0 Å². The predicted molar refractivity (Wildman–Crippen MR) is 66.7 cm³/mol. The van der Waals surface area contributed by atoms with E-state index in [9.17, 15) is 9.90 Å². The molecule has 2 aliphatic rings. The van der Waals surface area contributed by atoms with Crippen molar-refractivity contribution in [3.63, 3.8) is 0 Å². The molecule has 1 aromatic rings. The van der Waals surface area contributed by atoms with Gasteiger partial charge < -0.3 is 10.0 Å². The summed E-state index contributed by atoms with van der Waals surface area (Å²) in [5.74, 6) is 0.545. The summed E-state index contributed by atoms with van der Waals surface area (Å²) in [6.45, 7) is 1.28. The van der Waals surface area contributed by atoms with E-state index in [1.165, 1.54) is 0 Å². The minimum atomic E-state index is -0.860. The van der Waals surface area contributed by atoms with Crippen LogP contribution in [0.4, 0.5) is 0 Å². The molecule has 0 spiro atoms. The van der Waals surface area contributed by atoms with Crippen molar-refractivity contribution in [2.45, 2.75) is 31.3 Å². The molecule has 4 heteroatoms. The summed E-state index contributed by atoms with van der Waals surface area (Å²) in [5, 5.41) is 10.6. The van der Waals surface area contributed by atoms with E-state index in [1.807, 2.05) is 23.1 Å². The van der Waals surface area contributed by atoms with Gasteiger partial charge in [-0.1, -0.05) is 6.07 Å². The van der Waals surface area contributed by atoms with E-state index in [0.717, 1.165) is 18.5 Å². The molecule has 4 nitrogen and oxygen atoms in total. The van der Waals surface area contributed by atoms with E-state index in [2.05, 4.69) is 4.98 Å². The molecule has 1 saturated carbocycles. The van der Waals surface area contributed by atoms with Crippen molar-refractivity contribution >= 4 is 5.91 Å². The summed E-state index contributed by atoms with van der Waals surface area (Å²) >= 11 is 0. The Balaban J connectivity index is 1.67. The lowest BCUT2D eigenvalue weighted by molar-refractivity contribution is -0.137. The molecule has 0 radical (unpaired) electrons. The lowest BCUT2D eigenvalue weighted by atomic mass is 9.87. The first-order valence-corrected chi connectivity index (χ1v) is 6.62. The van der Waals surface area contributed by atoms with Gasteiger partial charge in [-0.3, -0.25) is 9.78 Å². The SMILES string of the molecule is O=C(C1CC1)N1CCC(O)(c2ccccn2)CC1. The zero-order valence-electron chi connectivity index (χ0n) is 10.4. The van der Waals surface area contributed by atoms with Crippen LogP contribution in [0.3, 0.4) is 0 Å². The van der Waals surface area contributed by atoms with E-state index in [-0.39, 0.29) is 11.8 Å². The summed E-state index contributed by atoms with van der Waals surface area (Å²) in [5.41, 5.74) is -0.134. The molecule has 2 fully saturated rings. The molecule has 0 unspecified atom stereocenters. The van der Waals surface area contributed by atoms with Crippen molar-refractivity contribution < 1.29 is 9.90 Å². The Hall–Kier alpha value is -1.42. The highest BCUT2D eigenvalue weighted by Crippen LogP contribution is 2.35. The zero-order chi connectivity index (χ0) is 12.6. The summed E-state index contributed by atoms with van der Waals surface area (Å²) in [7, 11) is 0. The van der Waals surface area contributed by atoms with E-state index < -0.39 is 5.60 Å². The molecular formula is C14H18N2O2. The highest BCUT2D eigenvalue weighted by atomic mass is 16.3. The molecule has 96 valence electrons. The fourth-order valence-corrected chi connectivity index (χ4v) is 2.58. The Morgan fingerprint density at radius 3 is 2.61 bits per heavy atom. The fraction of sp³-hybridized carbons (Fsp3) is 0.571. The van der Waals surface area contributed by atoms with Gasteiger partial charge in [-0.05, 0) is 37.8 Å². The number of piperidine rings is 1. The molecule has 1 aromatic heterocycles. The monoisotopic (exact) mass is 246 g/mol. The third-order valence-electron chi connectivity index (χ3n) is 3.97. The van der Waals surface area contributed by atoms with Crippen LogP contribution in [0.25, 0.3) is 0 Å². The van der Waals surface area contributed by atoms with Gasteiger partial charge in [-0.2, -0.15) is 0 Å². The van der Waals surface area contributed by atoms with E-state index >= 15 is 0 Å². The molecule has 0 bridgehead atoms. The molecule has 1 aliphatic heterocycles. The van der Waals surface area contributed by atoms with Crippen LogP contribution in [0.2, 0.25) is 0 Å². The van der Waals surface area contributed by atoms with E-state index in [4.69, 9.17) is 0 Å². The molecule has 1 saturated heterocycles. The van der Waals surface area contributed by atoms with Gasteiger partial charge in [0.25, 0.3) is 0 Å².